The van der Waals surface area contributed by atoms with Gasteiger partial charge in [0.2, 0.25) is 11.1 Å². The van der Waals surface area contributed by atoms with E-state index in [1.54, 1.807) is 11.3 Å². The van der Waals surface area contributed by atoms with Crippen LogP contribution in [-0.2, 0) is 11.2 Å². The second kappa shape index (κ2) is 9.19. The van der Waals surface area contributed by atoms with E-state index in [1.165, 1.54) is 17.3 Å². The molecule has 0 saturated carbocycles. The zero-order valence-electron chi connectivity index (χ0n) is 15.7. The summed E-state index contributed by atoms with van der Waals surface area (Å²) in [6.45, 7) is 6.43. The number of thiophene rings is 1. The molecule has 0 aliphatic rings. The van der Waals surface area contributed by atoms with Crippen LogP contribution in [0.4, 0.5) is 0 Å². The monoisotopic (exact) mass is 400 g/mol. The van der Waals surface area contributed by atoms with Crippen LogP contribution in [0.2, 0.25) is 0 Å². The topological polar surface area (TPSA) is 70.7 Å². The molecule has 2 heterocycles. The van der Waals surface area contributed by atoms with Crippen LogP contribution >= 0.6 is 23.1 Å². The van der Waals surface area contributed by atoms with Crippen molar-refractivity contribution in [3.05, 3.63) is 52.9 Å². The molecule has 7 heteroatoms. The molecule has 5 nitrogen and oxygen atoms in total. The Balaban J connectivity index is 1.48. The lowest BCUT2D eigenvalue weighted by atomic mass is 10.00. The molecule has 0 unspecified atom stereocenters. The van der Waals surface area contributed by atoms with Crippen LogP contribution in [0.1, 0.15) is 37.9 Å². The van der Waals surface area contributed by atoms with Crippen molar-refractivity contribution < 1.29 is 4.79 Å². The van der Waals surface area contributed by atoms with Crippen LogP contribution in [0, 0.1) is 5.92 Å². The van der Waals surface area contributed by atoms with E-state index in [0.717, 1.165) is 22.7 Å². The molecule has 0 fully saturated rings. The number of rotatable bonds is 8. The number of thioether (sulfide) groups is 1. The highest BCUT2D eigenvalue weighted by atomic mass is 32.2. The lowest BCUT2D eigenvalue weighted by molar-refractivity contribution is -0.119. The highest BCUT2D eigenvalue weighted by Gasteiger charge is 2.12. The zero-order chi connectivity index (χ0) is 19.2. The van der Waals surface area contributed by atoms with E-state index >= 15 is 0 Å². The van der Waals surface area contributed by atoms with E-state index in [-0.39, 0.29) is 17.7 Å². The van der Waals surface area contributed by atoms with Gasteiger partial charge in [0.15, 0.2) is 5.82 Å². The van der Waals surface area contributed by atoms with Gasteiger partial charge in [0, 0.05) is 0 Å². The van der Waals surface area contributed by atoms with Crippen molar-refractivity contribution in [2.45, 2.75) is 38.4 Å². The van der Waals surface area contributed by atoms with Crippen molar-refractivity contribution in [2.24, 2.45) is 5.92 Å². The first-order valence-corrected chi connectivity index (χ1v) is 10.8. The number of aromatic nitrogens is 3. The first-order chi connectivity index (χ1) is 13.0. The summed E-state index contributed by atoms with van der Waals surface area (Å²) >= 11 is 2.93. The molecule has 0 radical (unpaired) electrons. The fourth-order valence-corrected chi connectivity index (χ4v) is 4.02. The number of benzene rings is 1. The Bertz CT molecular complexity index is 857. The molecule has 0 aliphatic heterocycles. The maximum Gasteiger partial charge on any atom is 0.230 e. The fourth-order valence-electron chi connectivity index (χ4n) is 2.74. The minimum Gasteiger partial charge on any atom is -0.349 e. The molecule has 0 spiro atoms. The molecule has 1 amide bonds. The Kier molecular flexibility index (Phi) is 6.68. The van der Waals surface area contributed by atoms with Gasteiger partial charge in [-0.2, -0.15) is 0 Å². The average Bonchev–Trinajstić information content (AvgIpc) is 3.31. The van der Waals surface area contributed by atoms with Gasteiger partial charge in [-0.3, -0.25) is 9.89 Å². The van der Waals surface area contributed by atoms with Crippen molar-refractivity contribution in [1.82, 2.24) is 20.5 Å². The van der Waals surface area contributed by atoms with Gasteiger partial charge >= 0.3 is 0 Å². The van der Waals surface area contributed by atoms with Gasteiger partial charge in [0.05, 0.1) is 16.7 Å². The predicted molar refractivity (Wildman–Crippen MR) is 112 cm³/mol. The zero-order valence-corrected chi connectivity index (χ0v) is 17.4. The van der Waals surface area contributed by atoms with E-state index < -0.39 is 0 Å². The molecule has 0 saturated heterocycles. The summed E-state index contributed by atoms with van der Waals surface area (Å²) in [4.78, 5) is 17.7. The highest BCUT2D eigenvalue weighted by molar-refractivity contribution is 7.99. The van der Waals surface area contributed by atoms with Gasteiger partial charge in [-0.15, -0.1) is 16.4 Å². The number of aromatic amines is 1. The van der Waals surface area contributed by atoms with Crippen LogP contribution in [0.5, 0.6) is 0 Å². The van der Waals surface area contributed by atoms with Crippen LogP contribution in [0.15, 0.2) is 46.9 Å². The minimum absolute atomic E-state index is 0.0266. The smallest absolute Gasteiger partial charge is 0.230 e. The number of H-pyrrole nitrogens is 1. The maximum atomic E-state index is 12.3. The number of carbonyl (C=O) groups excluding carboxylic acids is 1. The van der Waals surface area contributed by atoms with Crippen LogP contribution in [0.3, 0.4) is 0 Å². The van der Waals surface area contributed by atoms with E-state index in [4.69, 9.17) is 0 Å². The van der Waals surface area contributed by atoms with Gasteiger partial charge in [-0.25, -0.2) is 4.98 Å². The van der Waals surface area contributed by atoms with Gasteiger partial charge in [0.1, 0.15) is 0 Å². The van der Waals surface area contributed by atoms with Crippen molar-refractivity contribution >= 4 is 29.0 Å². The molecule has 0 aliphatic carbocycles. The van der Waals surface area contributed by atoms with E-state index in [9.17, 15) is 4.79 Å². The van der Waals surface area contributed by atoms with Crippen molar-refractivity contribution in [2.75, 3.05) is 5.75 Å². The molecule has 1 aromatic carbocycles. The third-order valence-electron chi connectivity index (χ3n) is 4.05. The van der Waals surface area contributed by atoms with Gasteiger partial charge < -0.3 is 5.32 Å². The normalized spacial score (nSPS) is 12.3. The lowest BCUT2D eigenvalue weighted by Crippen LogP contribution is -2.28. The van der Waals surface area contributed by atoms with Crippen molar-refractivity contribution in [3.8, 4) is 10.7 Å². The number of carbonyl (C=O) groups is 1. The lowest BCUT2D eigenvalue weighted by Gasteiger charge is -2.15. The standard InChI is InChI=1S/C20H24N4OS2/c1-13(2)11-15-6-8-16(9-7-15)14(3)21-18(25)12-27-20-22-19(23-24-20)17-5-4-10-26-17/h4-10,13-14H,11-12H2,1-3H3,(H,21,25)(H,22,23,24)/t14-/m1/s1. The highest BCUT2D eigenvalue weighted by Crippen LogP contribution is 2.23. The summed E-state index contributed by atoms with van der Waals surface area (Å²) in [6, 6.07) is 12.4. The number of nitrogens with one attached hydrogen (secondary N) is 2. The van der Waals surface area contributed by atoms with E-state index in [2.05, 4.69) is 58.6 Å². The van der Waals surface area contributed by atoms with Crippen molar-refractivity contribution in [3.63, 3.8) is 0 Å². The summed E-state index contributed by atoms with van der Waals surface area (Å²) in [7, 11) is 0. The Morgan fingerprint density at radius 1 is 1.22 bits per heavy atom. The molecule has 1 atom stereocenters. The predicted octanol–water partition coefficient (Wildman–Crippen LogP) is 4.70. The summed E-state index contributed by atoms with van der Waals surface area (Å²) in [5.74, 6) is 1.64. The van der Waals surface area contributed by atoms with Crippen LogP contribution in [0.25, 0.3) is 10.7 Å². The first-order valence-electron chi connectivity index (χ1n) is 8.98. The summed E-state index contributed by atoms with van der Waals surface area (Å²) in [6.07, 6.45) is 1.07. The Hall–Kier alpha value is -2.12. The second-order valence-electron chi connectivity index (χ2n) is 6.86. The Morgan fingerprint density at radius 3 is 2.67 bits per heavy atom. The summed E-state index contributed by atoms with van der Waals surface area (Å²) in [5.41, 5.74) is 2.44. The Labute approximate surface area is 168 Å². The summed E-state index contributed by atoms with van der Waals surface area (Å²) < 4.78 is 0. The third kappa shape index (κ3) is 5.68. The fraction of sp³-hybridized carbons (Fsp3) is 0.350. The minimum atomic E-state index is -0.0278. The number of amides is 1. The molecule has 3 aromatic rings. The number of hydrogen-bond donors (Lipinski definition) is 2. The molecule has 3 rings (SSSR count). The largest absolute Gasteiger partial charge is 0.349 e. The van der Waals surface area contributed by atoms with Gasteiger partial charge in [0.25, 0.3) is 0 Å². The van der Waals surface area contributed by atoms with Crippen LogP contribution < -0.4 is 5.32 Å². The quantitative estimate of drug-likeness (QED) is 0.538. The number of nitrogens with zero attached hydrogens (tertiary/aromatic N) is 2. The Morgan fingerprint density at radius 2 is 2.00 bits per heavy atom. The van der Waals surface area contributed by atoms with Gasteiger partial charge in [-0.05, 0) is 41.8 Å². The number of hydrogen-bond acceptors (Lipinski definition) is 5. The molecular weight excluding hydrogens is 376 g/mol. The molecule has 27 heavy (non-hydrogen) atoms. The van der Waals surface area contributed by atoms with Crippen LogP contribution in [-0.4, -0.2) is 26.8 Å². The molecule has 0 bridgehead atoms. The summed E-state index contributed by atoms with van der Waals surface area (Å²) in [5, 5.41) is 12.7. The average molecular weight is 401 g/mol. The van der Waals surface area contributed by atoms with Crippen molar-refractivity contribution in [1.29, 1.82) is 0 Å². The molecule has 142 valence electrons. The third-order valence-corrected chi connectivity index (χ3v) is 5.78. The first kappa shape index (κ1) is 19.6. The van der Waals surface area contributed by atoms with E-state index in [1.807, 2.05) is 24.4 Å². The molecule has 2 N–H and O–H groups in total. The molecular formula is C20H24N4OS2. The van der Waals surface area contributed by atoms with E-state index in [0.29, 0.717) is 11.1 Å². The maximum absolute atomic E-state index is 12.3. The SMILES string of the molecule is CC(C)Cc1ccc([C@@H](C)NC(=O)CSc2n[nH]c(-c3cccs3)n2)cc1. The molecule has 2 aromatic heterocycles. The second-order valence-corrected chi connectivity index (χ2v) is 8.75. The van der Waals surface area contributed by atoms with Gasteiger partial charge in [-0.1, -0.05) is 55.9 Å².